The van der Waals surface area contributed by atoms with Crippen molar-refractivity contribution in [2.45, 2.75) is 98.2 Å². The van der Waals surface area contributed by atoms with Crippen molar-refractivity contribution in [3.63, 3.8) is 0 Å². The maximum absolute atomic E-state index is 12.8. The molecule has 196 valence electrons. The van der Waals surface area contributed by atoms with Crippen LogP contribution in [0.3, 0.4) is 0 Å². The number of allylic oxidation sites excluding steroid dienone is 3. The van der Waals surface area contributed by atoms with E-state index in [1.807, 2.05) is 6.92 Å². The number of aliphatic carboxylic acids is 1. The van der Waals surface area contributed by atoms with Gasteiger partial charge in [0, 0.05) is 17.3 Å². The zero-order valence-electron chi connectivity index (χ0n) is 22.3. The van der Waals surface area contributed by atoms with E-state index in [2.05, 4.69) is 40.3 Å². The first-order valence-electron chi connectivity index (χ1n) is 13.8. The average Bonchev–Trinajstić information content (AvgIpc) is 2.79. The van der Waals surface area contributed by atoms with Gasteiger partial charge in [-0.15, -0.1) is 0 Å². The number of fused-ring (bicyclic) bond motifs is 7. The van der Waals surface area contributed by atoms with Crippen LogP contribution in [0.5, 0.6) is 0 Å². The molecular weight excluding hydrogens is 440 g/mol. The lowest BCUT2D eigenvalue weighted by Crippen LogP contribution is -2.69. The maximum Gasteiger partial charge on any atom is 0.310 e. The Morgan fingerprint density at radius 2 is 1.77 bits per heavy atom. The Morgan fingerprint density at radius 1 is 1.09 bits per heavy atom. The fraction of sp³-hybridized carbons (Fsp3) is 0.833. The molecule has 0 aromatic carbocycles. The molecule has 0 amide bonds. The highest BCUT2D eigenvalue weighted by Gasteiger charge is 2.71. The summed E-state index contributed by atoms with van der Waals surface area (Å²) in [5.74, 6) is -0.389. The molecule has 5 rings (SSSR count). The second-order valence-corrected chi connectivity index (χ2v) is 14.1. The van der Waals surface area contributed by atoms with Gasteiger partial charge >= 0.3 is 5.97 Å². The molecule has 4 saturated carbocycles. The molecule has 5 aliphatic carbocycles. The monoisotopic (exact) mass is 486 g/mol. The summed E-state index contributed by atoms with van der Waals surface area (Å²) in [7, 11) is 0. The smallest absolute Gasteiger partial charge is 0.310 e. The molecule has 5 heteroatoms. The molecule has 0 aromatic rings. The first kappa shape index (κ1) is 25.5. The van der Waals surface area contributed by atoms with Crippen molar-refractivity contribution < 1.29 is 25.2 Å². The third-order valence-corrected chi connectivity index (χ3v) is 12.9. The van der Waals surface area contributed by atoms with Crippen LogP contribution >= 0.6 is 0 Å². The molecule has 0 saturated heterocycles. The topological polar surface area (TPSA) is 98.0 Å². The van der Waals surface area contributed by atoms with Gasteiger partial charge in [0.15, 0.2) is 0 Å². The van der Waals surface area contributed by atoms with E-state index in [1.165, 1.54) is 5.57 Å². The van der Waals surface area contributed by atoms with E-state index < -0.39 is 29.0 Å². The predicted octanol–water partition coefficient (Wildman–Crippen LogP) is 4.95. The van der Waals surface area contributed by atoms with Gasteiger partial charge in [-0.25, -0.2) is 0 Å². The summed E-state index contributed by atoms with van der Waals surface area (Å²) in [6, 6.07) is 0. The van der Waals surface area contributed by atoms with E-state index in [-0.39, 0.29) is 34.7 Å². The second kappa shape index (κ2) is 7.68. The molecule has 4 fully saturated rings. The Labute approximate surface area is 210 Å². The second-order valence-electron chi connectivity index (χ2n) is 14.1. The van der Waals surface area contributed by atoms with Crippen molar-refractivity contribution in [3.05, 3.63) is 23.8 Å². The molecule has 5 aliphatic rings. The summed E-state index contributed by atoms with van der Waals surface area (Å²) in [5, 5.41) is 43.6. The van der Waals surface area contributed by atoms with Crippen LogP contribution in [0, 0.1) is 50.7 Å². The standard InChI is InChI=1S/C30H46O5/c1-17-9-12-30(25(34)35)14-13-28(5)19(23(30)18(17)2)7-8-21-26(3)11-10-22(33)27(4,16-31)24(26)20(32)15-29(21,28)6/h7,17,20-24,31-33H,2,8-16H2,1,3-6H3,(H,34,35). The molecule has 4 N–H and O–H groups in total. The Bertz CT molecular complexity index is 972. The van der Waals surface area contributed by atoms with Crippen molar-refractivity contribution in [1.82, 2.24) is 0 Å². The van der Waals surface area contributed by atoms with Gasteiger partial charge in [0.25, 0.3) is 0 Å². The van der Waals surface area contributed by atoms with E-state index in [0.717, 1.165) is 31.3 Å². The van der Waals surface area contributed by atoms with Gasteiger partial charge in [-0.05, 0) is 79.4 Å². The number of aliphatic hydroxyl groups excluding tert-OH is 3. The summed E-state index contributed by atoms with van der Waals surface area (Å²) in [4.78, 5) is 12.8. The fourth-order valence-electron chi connectivity index (χ4n) is 10.6. The van der Waals surface area contributed by atoms with E-state index in [4.69, 9.17) is 0 Å². The van der Waals surface area contributed by atoms with Crippen LogP contribution in [0.4, 0.5) is 0 Å². The summed E-state index contributed by atoms with van der Waals surface area (Å²) < 4.78 is 0. The normalized spacial score (nSPS) is 55.7. The van der Waals surface area contributed by atoms with Crippen molar-refractivity contribution in [2.24, 2.45) is 50.7 Å². The highest BCUT2D eigenvalue weighted by atomic mass is 16.4. The quantitative estimate of drug-likeness (QED) is 0.414. The molecule has 0 bridgehead atoms. The SMILES string of the molecule is C=C1C(C)CCC2(C(=O)O)CCC3(C)C(=CCC4C5(C)CCC(O)C(C)(CO)C5C(O)CC43C)C12. The molecule has 35 heavy (non-hydrogen) atoms. The molecule has 0 spiro atoms. The van der Waals surface area contributed by atoms with E-state index in [0.29, 0.717) is 37.5 Å². The van der Waals surface area contributed by atoms with E-state index >= 15 is 0 Å². The Morgan fingerprint density at radius 3 is 2.40 bits per heavy atom. The molecule has 11 atom stereocenters. The van der Waals surface area contributed by atoms with Crippen molar-refractivity contribution in [1.29, 1.82) is 0 Å². The van der Waals surface area contributed by atoms with E-state index in [1.54, 1.807) is 0 Å². The molecular formula is C30H46O5. The summed E-state index contributed by atoms with van der Waals surface area (Å²) >= 11 is 0. The van der Waals surface area contributed by atoms with Gasteiger partial charge in [-0.3, -0.25) is 4.79 Å². The zero-order chi connectivity index (χ0) is 25.8. The molecule has 0 aliphatic heterocycles. The van der Waals surface area contributed by atoms with Gasteiger partial charge in [-0.1, -0.05) is 58.4 Å². The highest BCUT2D eigenvalue weighted by Crippen LogP contribution is 2.75. The van der Waals surface area contributed by atoms with Crippen LogP contribution in [-0.2, 0) is 4.79 Å². The number of aliphatic hydroxyl groups is 3. The summed E-state index contributed by atoms with van der Waals surface area (Å²) in [5.41, 5.74) is 0.209. The van der Waals surface area contributed by atoms with Crippen LogP contribution < -0.4 is 0 Å². The summed E-state index contributed by atoms with van der Waals surface area (Å²) in [6.45, 7) is 15.5. The van der Waals surface area contributed by atoms with Gasteiger partial charge in [0.05, 0.1) is 24.2 Å². The average molecular weight is 487 g/mol. The largest absolute Gasteiger partial charge is 0.481 e. The third kappa shape index (κ3) is 2.89. The Hall–Kier alpha value is -1.17. The number of hydrogen-bond acceptors (Lipinski definition) is 4. The van der Waals surface area contributed by atoms with Gasteiger partial charge in [-0.2, -0.15) is 0 Å². The number of carboxylic acids is 1. The molecule has 5 nitrogen and oxygen atoms in total. The number of hydrogen-bond donors (Lipinski definition) is 4. The minimum absolute atomic E-state index is 0.131. The van der Waals surface area contributed by atoms with Crippen molar-refractivity contribution >= 4 is 5.97 Å². The Kier molecular flexibility index (Phi) is 5.59. The minimum Gasteiger partial charge on any atom is -0.481 e. The molecule has 0 aromatic heterocycles. The number of rotatable bonds is 2. The molecule has 0 radical (unpaired) electrons. The lowest BCUT2D eigenvalue weighted by atomic mass is 9.33. The van der Waals surface area contributed by atoms with Gasteiger partial charge in [0.2, 0.25) is 0 Å². The van der Waals surface area contributed by atoms with E-state index in [9.17, 15) is 25.2 Å². The highest BCUT2D eigenvalue weighted by molar-refractivity contribution is 5.77. The zero-order valence-corrected chi connectivity index (χ0v) is 22.3. The molecule has 11 unspecified atom stereocenters. The van der Waals surface area contributed by atoms with Gasteiger partial charge in [0.1, 0.15) is 0 Å². The van der Waals surface area contributed by atoms with Crippen LogP contribution in [0.1, 0.15) is 86.0 Å². The fourth-order valence-corrected chi connectivity index (χ4v) is 10.6. The van der Waals surface area contributed by atoms with Crippen LogP contribution in [0.15, 0.2) is 23.8 Å². The lowest BCUT2D eigenvalue weighted by Gasteiger charge is -2.72. The summed E-state index contributed by atoms with van der Waals surface area (Å²) in [6.07, 6.45) is 7.11. The molecule has 0 heterocycles. The minimum atomic E-state index is -0.762. The lowest BCUT2D eigenvalue weighted by molar-refractivity contribution is -0.251. The predicted molar refractivity (Wildman–Crippen MR) is 135 cm³/mol. The first-order valence-corrected chi connectivity index (χ1v) is 13.8. The first-order chi connectivity index (χ1) is 16.2. The van der Waals surface area contributed by atoms with Crippen molar-refractivity contribution in [3.8, 4) is 0 Å². The van der Waals surface area contributed by atoms with Crippen molar-refractivity contribution in [2.75, 3.05) is 6.61 Å². The number of carbonyl (C=O) groups is 1. The third-order valence-electron chi connectivity index (χ3n) is 12.9. The van der Waals surface area contributed by atoms with Crippen LogP contribution in [0.2, 0.25) is 0 Å². The van der Waals surface area contributed by atoms with Gasteiger partial charge < -0.3 is 20.4 Å². The Balaban J connectivity index is 1.65. The van der Waals surface area contributed by atoms with Crippen LogP contribution in [0.25, 0.3) is 0 Å². The van der Waals surface area contributed by atoms with Crippen LogP contribution in [-0.4, -0.2) is 45.2 Å². The number of carboxylic acid groups (broad SMARTS) is 1. The maximum atomic E-state index is 12.8.